The van der Waals surface area contributed by atoms with Crippen molar-refractivity contribution >= 4 is 0 Å². The van der Waals surface area contributed by atoms with E-state index in [1.807, 2.05) is 0 Å². The number of nitrogens with zero attached hydrogens (tertiary/aromatic N) is 2. The molecule has 1 rings (SSSR count). The Morgan fingerprint density at radius 2 is 1.84 bits per heavy atom. The standard InChI is InChI=1S/C16H25N3/c1-4-19(5-2)16(13-18-14(3)11-12-17)15-9-7-6-8-10-15/h6-10,14,16,18H,4-5,11,13H2,1-3H3. The largest absolute Gasteiger partial charge is 0.311 e. The zero-order valence-electron chi connectivity index (χ0n) is 12.3. The average molecular weight is 259 g/mol. The fourth-order valence-electron chi connectivity index (χ4n) is 2.32. The van der Waals surface area contributed by atoms with Gasteiger partial charge in [0.25, 0.3) is 0 Å². The van der Waals surface area contributed by atoms with Crippen LogP contribution in [0.5, 0.6) is 0 Å². The molecular weight excluding hydrogens is 234 g/mol. The Bertz CT molecular complexity index is 379. The van der Waals surface area contributed by atoms with Crippen LogP contribution < -0.4 is 5.32 Å². The minimum atomic E-state index is 0.242. The van der Waals surface area contributed by atoms with Gasteiger partial charge in [0.05, 0.1) is 12.5 Å². The van der Waals surface area contributed by atoms with E-state index < -0.39 is 0 Å². The van der Waals surface area contributed by atoms with Crippen LogP contribution in [0.3, 0.4) is 0 Å². The van der Waals surface area contributed by atoms with Gasteiger partial charge < -0.3 is 5.32 Å². The first-order valence-corrected chi connectivity index (χ1v) is 7.12. The molecule has 0 saturated carbocycles. The number of hydrogen-bond acceptors (Lipinski definition) is 3. The van der Waals surface area contributed by atoms with Crippen molar-refractivity contribution < 1.29 is 0 Å². The lowest BCUT2D eigenvalue weighted by Gasteiger charge is -2.31. The Kier molecular flexibility index (Phi) is 7.17. The summed E-state index contributed by atoms with van der Waals surface area (Å²) in [6, 6.07) is 13.4. The normalized spacial score (nSPS) is 14.1. The zero-order valence-corrected chi connectivity index (χ0v) is 12.3. The SMILES string of the molecule is CCN(CC)C(CNC(C)CC#N)c1ccccc1. The van der Waals surface area contributed by atoms with Crippen LogP contribution >= 0.6 is 0 Å². The summed E-state index contributed by atoms with van der Waals surface area (Å²) >= 11 is 0. The predicted octanol–water partition coefficient (Wildman–Crippen LogP) is 2.96. The molecule has 2 unspecified atom stereocenters. The van der Waals surface area contributed by atoms with Gasteiger partial charge in [0.2, 0.25) is 0 Å². The summed E-state index contributed by atoms with van der Waals surface area (Å²) in [5.74, 6) is 0. The van der Waals surface area contributed by atoms with Gasteiger partial charge in [-0.3, -0.25) is 4.90 Å². The lowest BCUT2D eigenvalue weighted by atomic mass is 10.0. The van der Waals surface area contributed by atoms with E-state index >= 15 is 0 Å². The summed E-state index contributed by atoms with van der Waals surface area (Å²) in [4.78, 5) is 2.45. The number of nitriles is 1. The Hall–Kier alpha value is -1.37. The molecule has 0 radical (unpaired) electrons. The van der Waals surface area contributed by atoms with Crippen LogP contribution in [-0.4, -0.2) is 30.6 Å². The van der Waals surface area contributed by atoms with Crippen LogP contribution in [0.4, 0.5) is 0 Å². The highest BCUT2D eigenvalue weighted by atomic mass is 15.2. The second-order valence-electron chi connectivity index (χ2n) is 4.82. The predicted molar refractivity (Wildman–Crippen MR) is 79.8 cm³/mol. The fourth-order valence-corrected chi connectivity index (χ4v) is 2.32. The number of benzene rings is 1. The minimum absolute atomic E-state index is 0.242. The Labute approximate surface area is 117 Å². The second-order valence-corrected chi connectivity index (χ2v) is 4.82. The van der Waals surface area contributed by atoms with Gasteiger partial charge in [-0.15, -0.1) is 0 Å². The third-order valence-corrected chi connectivity index (χ3v) is 3.49. The molecule has 0 aliphatic rings. The smallest absolute Gasteiger partial charge is 0.0638 e. The van der Waals surface area contributed by atoms with Crippen molar-refractivity contribution in [2.75, 3.05) is 19.6 Å². The van der Waals surface area contributed by atoms with E-state index in [-0.39, 0.29) is 6.04 Å². The zero-order chi connectivity index (χ0) is 14.1. The van der Waals surface area contributed by atoms with E-state index in [0.29, 0.717) is 12.5 Å². The van der Waals surface area contributed by atoms with Gasteiger partial charge in [-0.2, -0.15) is 5.26 Å². The molecule has 0 bridgehead atoms. The van der Waals surface area contributed by atoms with Crippen LogP contribution in [0.2, 0.25) is 0 Å². The van der Waals surface area contributed by atoms with Crippen molar-refractivity contribution in [3.8, 4) is 6.07 Å². The van der Waals surface area contributed by atoms with Crippen molar-refractivity contribution in [3.63, 3.8) is 0 Å². The highest BCUT2D eigenvalue weighted by molar-refractivity contribution is 5.19. The fraction of sp³-hybridized carbons (Fsp3) is 0.562. The number of likely N-dealkylation sites (N-methyl/N-ethyl adjacent to an activating group) is 1. The molecule has 0 amide bonds. The summed E-state index contributed by atoms with van der Waals surface area (Å²) in [5, 5.41) is 12.2. The maximum absolute atomic E-state index is 8.72. The first kappa shape index (κ1) is 15.7. The molecule has 0 spiro atoms. The summed E-state index contributed by atoms with van der Waals surface area (Å²) in [7, 11) is 0. The molecule has 0 heterocycles. The van der Waals surface area contributed by atoms with Gasteiger partial charge in [-0.1, -0.05) is 44.2 Å². The van der Waals surface area contributed by atoms with E-state index in [1.54, 1.807) is 0 Å². The van der Waals surface area contributed by atoms with Crippen LogP contribution in [0.15, 0.2) is 30.3 Å². The third-order valence-electron chi connectivity index (χ3n) is 3.49. The average Bonchev–Trinajstić information content (AvgIpc) is 2.44. The Morgan fingerprint density at radius 1 is 1.21 bits per heavy atom. The molecule has 1 aromatic rings. The van der Waals surface area contributed by atoms with Gasteiger partial charge in [-0.05, 0) is 25.6 Å². The van der Waals surface area contributed by atoms with Gasteiger partial charge in [0.1, 0.15) is 0 Å². The quantitative estimate of drug-likeness (QED) is 0.780. The van der Waals surface area contributed by atoms with E-state index in [1.165, 1.54) is 5.56 Å². The van der Waals surface area contributed by atoms with Gasteiger partial charge in [0, 0.05) is 18.6 Å². The topological polar surface area (TPSA) is 39.1 Å². The first-order chi connectivity index (χ1) is 9.22. The van der Waals surface area contributed by atoms with Crippen molar-refractivity contribution in [1.29, 1.82) is 5.26 Å². The van der Waals surface area contributed by atoms with Crippen LogP contribution in [0.25, 0.3) is 0 Å². The first-order valence-electron chi connectivity index (χ1n) is 7.12. The molecule has 3 heteroatoms. The molecule has 2 atom stereocenters. The van der Waals surface area contributed by atoms with E-state index in [2.05, 4.69) is 67.4 Å². The van der Waals surface area contributed by atoms with Gasteiger partial charge in [-0.25, -0.2) is 0 Å². The second kappa shape index (κ2) is 8.68. The molecule has 0 aromatic heterocycles. The molecule has 0 saturated heterocycles. The summed E-state index contributed by atoms with van der Waals surface area (Å²) in [5.41, 5.74) is 1.34. The molecule has 1 aromatic carbocycles. The molecule has 1 N–H and O–H groups in total. The molecule has 19 heavy (non-hydrogen) atoms. The maximum atomic E-state index is 8.72. The van der Waals surface area contributed by atoms with Crippen molar-refractivity contribution in [1.82, 2.24) is 10.2 Å². The van der Waals surface area contributed by atoms with E-state index in [0.717, 1.165) is 19.6 Å². The molecule has 0 fully saturated rings. The van der Waals surface area contributed by atoms with Crippen molar-refractivity contribution in [3.05, 3.63) is 35.9 Å². The third kappa shape index (κ3) is 5.02. The molecule has 3 nitrogen and oxygen atoms in total. The molecule has 0 aliphatic carbocycles. The number of rotatable bonds is 8. The van der Waals surface area contributed by atoms with E-state index in [4.69, 9.17) is 5.26 Å². The number of hydrogen-bond donors (Lipinski definition) is 1. The Balaban J connectivity index is 2.73. The lowest BCUT2D eigenvalue weighted by molar-refractivity contribution is 0.209. The maximum Gasteiger partial charge on any atom is 0.0638 e. The van der Waals surface area contributed by atoms with Gasteiger partial charge in [0.15, 0.2) is 0 Å². The molecule has 0 aliphatic heterocycles. The summed E-state index contributed by atoms with van der Waals surface area (Å²) < 4.78 is 0. The highest BCUT2D eigenvalue weighted by Crippen LogP contribution is 2.19. The van der Waals surface area contributed by atoms with Crippen LogP contribution in [0.1, 0.15) is 38.8 Å². The minimum Gasteiger partial charge on any atom is -0.311 e. The van der Waals surface area contributed by atoms with Crippen LogP contribution in [0, 0.1) is 11.3 Å². The summed E-state index contributed by atoms with van der Waals surface area (Å²) in [6.45, 7) is 9.40. The summed E-state index contributed by atoms with van der Waals surface area (Å²) in [6.07, 6.45) is 0.555. The molecular formula is C16H25N3. The molecule has 104 valence electrons. The van der Waals surface area contributed by atoms with E-state index in [9.17, 15) is 0 Å². The van der Waals surface area contributed by atoms with Gasteiger partial charge >= 0.3 is 0 Å². The number of nitrogens with one attached hydrogen (secondary N) is 1. The van der Waals surface area contributed by atoms with Crippen molar-refractivity contribution in [2.24, 2.45) is 0 Å². The highest BCUT2D eigenvalue weighted by Gasteiger charge is 2.18. The van der Waals surface area contributed by atoms with Crippen LogP contribution in [-0.2, 0) is 0 Å². The Morgan fingerprint density at radius 3 is 2.37 bits per heavy atom. The van der Waals surface area contributed by atoms with Crippen molar-refractivity contribution in [2.45, 2.75) is 39.3 Å². The monoisotopic (exact) mass is 259 g/mol. The lowest BCUT2D eigenvalue weighted by Crippen LogP contribution is -2.38.